The first-order valence-electron chi connectivity index (χ1n) is 6.00. The van der Waals surface area contributed by atoms with Crippen molar-refractivity contribution in [1.29, 1.82) is 0 Å². The molecule has 0 aliphatic carbocycles. The van der Waals surface area contributed by atoms with E-state index in [9.17, 15) is 14.0 Å². The number of hydrogen-bond donors (Lipinski definition) is 1. The Balaban J connectivity index is 2.03. The molecule has 7 heteroatoms. The number of nitrogens with one attached hydrogen (secondary N) is 1. The Morgan fingerprint density at radius 2 is 1.89 bits per heavy atom. The van der Waals surface area contributed by atoms with E-state index in [1.807, 2.05) is 0 Å². The van der Waals surface area contributed by atoms with Crippen LogP contribution < -0.4 is 11.2 Å². The van der Waals surface area contributed by atoms with Crippen molar-refractivity contribution in [1.82, 2.24) is 14.5 Å². The van der Waals surface area contributed by atoms with Crippen LogP contribution in [0.2, 0.25) is 5.15 Å². The van der Waals surface area contributed by atoms with Crippen LogP contribution in [0.5, 0.6) is 0 Å². The number of aromatic nitrogens is 2. The Morgan fingerprint density at radius 3 is 2.56 bits per heavy atom. The van der Waals surface area contributed by atoms with Crippen LogP contribution >= 0.6 is 11.6 Å². The first kappa shape index (κ1) is 13.3. The summed E-state index contributed by atoms with van der Waals surface area (Å²) in [6.07, 6.45) is 3.02. The molecule has 2 heterocycles. The molecule has 0 bridgehead atoms. The van der Waals surface area contributed by atoms with Crippen molar-refractivity contribution in [3.63, 3.8) is 0 Å². The topological polar surface area (TPSA) is 58.1 Å². The minimum atomic E-state index is -1.10. The Hall–Kier alpha value is -1.14. The summed E-state index contributed by atoms with van der Waals surface area (Å²) in [6, 6.07) is 0. The summed E-state index contributed by atoms with van der Waals surface area (Å²) in [7, 11) is 0. The van der Waals surface area contributed by atoms with Gasteiger partial charge in [-0.15, -0.1) is 0 Å². The van der Waals surface area contributed by atoms with E-state index < -0.39 is 22.2 Å². The summed E-state index contributed by atoms with van der Waals surface area (Å²) in [5.41, 5.74) is -1.61. The molecule has 1 fully saturated rings. The van der Waals surface area contributed by atoms with Crippen molar-refractivity contribution >= 4 is 11.6 Å². The van der Waals surface area contributed by atoms with E-state index in [4.69, 9.17) is 11.6 Å². The molecule has 1 aliphatic heterocycles. The fourth-order valence-electron chi connectivity index (χ4n) is 2.18. The van der Waals surface area contributed by atoms with Gasteiger partial charge in [0.1, 0.15) is 0 Å². The zero-order valence-electron chi connectivity index (χ0n) is 9.92. The van der Waals surface area contributed by atoms with Crippen LogP contribution in [-0.2, 0) is 6.54 Å². The van der Waals surface area contributed by atoms with Gasteiger partial charge in [-0.25, -0.2) is 4.79 Å². The molecule has 0 radical (unpaired) electrons. The molecule has 0 atom stereocenters. The van der Waals surface area contributed by atoms with E-state index in [1.54, 1.807) is 0 Å². The van der Waals surface area contributed by atoms with Gasteiger partial charge in [0.05, 0.1) is 0 Å². The lowest BCUT2D eigenvalue weighted by Gasteiger charge is -2.14. The van der Waals surface area contributed by atoms with Gasteiger partial charge in [-0.05, 0) is 38.9 Å². The van der Waals surface area contributed by atoms with E-state index in [2.05, 4.69) is 9.88 Å². The molecule has 1 aliphatic rings. The molecular weight excluding hydrogens is 261 g/mol. The molecule has 5 nitrogen and oxygen atoms in total. The third-order valence-electron chi connectivity index (χ3n) is 3.14. The van der Waals surface area contributed by atoms with Gasteiger partial charge in [-0.3, -0.25) is 14.3 Å². The van der Waals surface area contributed by atoms with Crippen molar-refractivity contribution < 1.29 is 4.39 Å². The maximum Gasteiger partial charge on any atom is 0.329 e. The molecule has 2 rings (SSSR count). The molecule has 1 aromatic heterocycles. The van der Waals surface area contributed by atoms with Gasteiger partial charge in [0.25, 0.3) is 5.56 Å². The van der Waals surface area contributed by atoms with E-state index >= 15 is 0 Å². The molecule has 0 spiro atoms. The molecule has 0 amide bonds. The van der Waals surface area contributed by atoms with Crippen LogP contribution in [0.15, 0.2) is 9.59 Å². The SMILES string of the molecule is O=c1[nH]c(Cl)c(F)c(=O)n1CCCN1CCCC1. The summed E-state index contributed by atoms with van der Waals surface area (Å²) in [4.78, 5) is 27.4. The number of halogens is 2. The number of likely N-dealkylation sites (tertiary alicyclic amines) is 1. The molecule has 0 unspecified atom stereocenters. The number of nitrogens with zero attached hydrogens (tertiary/aromatic N) is 2. The quantitative estimate of drug-likeness (QED) is 0.828. The number of hydrogen-bond acceptors (Lipinski definition) is 3. The fourth-order valence-corrected chi connectivity index (χ4v) is 2.34. The predicted molar refractivity (Wildman–Crippen MR) is 66.6 cm³/mol. The van der Waals surface area contributed by atoms with E-state index in [-0.39, 0.29) is 6.54 Å². The van der Waals surface area contributed by atoms with Crippen LogP contribution in [0.25, 0.3) is 0 Å². The molecular formula is C11H15ClFN3O2. The highest BCUT2D eigenvalue weighted by molar-refractivity contribution is 6.29. The van der Waals surface area contributed by atoms with Crippen molar-refractivity contribution in [2.75, 3.05) is 19.6 Å². The van der Waals surface area contributed by atoms with Crippen LogP contribution in [0.1, 0.15) is 19.3 Å². The summed E-state index contributed by atoms with van der Waals surface area (Å²) in [5.74, 6) is -1.10. The second kappa shape index (κ2) is 5.67. The Kier molecular flexibility index (Phi) is 4.19. The Morgan fingerprint density at radius 1 is 1.22 bits per heavy atom. The average molecular weight is 276 g/mol. The smallest absolute Gasteiger partial charge is 0.303 e. The van der Waals surface area contributed by atoms with Crippen LogP contribution in [0.4, 0.5) is 4.39 Å². The van der Waals surface area contributed by atoms with Gasteiger partial charge in [-0.2, -0.15) is 4.39 Å². The second-order valence-corrected chi connectivity index (χ2v) is 4.80. The third-order valence-corrected chi connectivity index (χ3v) is 3.40. The van der Waals surface area contributed by atoms with Crippen LogP contribution in [0, 0.1) is 5.82 Å². The molecule has 0 saturated carbocycles. The van der Waals surface area contributed by atoms with Crippen molar-refractivity contribution in [3.8, 4) is 0 Å². The highest BCUT2D eigenvalue weighted by Crippen LogP contribution is 2.07. The maximum absolute atomic E-state index is 13.3. The molecule has 1 aromatic rings. The standard InChI is InChI=1S/C11H15ClFN3O2/c12-9-8(13)10(17)16(11(18)14-9)7-3-6-15-4-1-2-5-15/h1-7H2,(H,14,18). The molecule has 0 aromatic carbocycles. The van der Waals surface area contributed by atoms with Crippen molar-refractivity contribution in [3.05, 3.63) is 31.8 Å². The minimum absolute atomic E-state index is 0.207. The lowest BCUT2D eigenvalue weighted by atomic mass is 10.4. The van der Waals surface area contributed by atoms with Gasteiger partial charge in [-0.1, -0.05) is 11.6 Å². The highest BCUT2D eigenvalue weighted by Gasteiger charge is 2.14. The summed E-state index contributed by atoms with van der Waals surface area (Å²) in [6.45, 7) is 3.13. The van der Waals surface area contributed by atoms with E-state index in [0.29, 0.717) is 6.42 Å². The predicted octanol–water partition coefficient (Wildman–Crippen LogP) is 0.815. The zero-order chi connectivity index (χ0) is 13.1. The van der Waals surface area contributed by atoms with Gasteiger partial charge in [0.15, 0.2) is 5.15 Å². The third kappa shape index (κ3) is 2.81. The van der Waals surface area contributed by atoms with Gasteiger partial charge in [0, 0.05) is 6.54 Å². The number of rotatable bonds is 4. The first-order chi connectivity index (χ1) is 8.59. The normalized spacial score (nSPS) is 16.3. The lowest BCUT2D eigenvalue weighted by molar-refractivity contribution is 0.322. The number of H-pyrrole nitrogens is 1. The van der Waals surface area contributed by atoms with Gasteiger partial charge < -0.3 is 4.90 Å². The summed E-state index contributed by atoms with van der Waals surface area (Å²) >= 11 is 5.38. The van der Waals surface area contributed by atoms with Crippen molar-refractivity contribution in [2.24, 2.45) is 0 Å². The fraction of sp³-hybridized carbons (Fsp3) is 0.636. The van der Waals surface area contributed by atoms with E-state index in [1.165, 1.54) is 12.8 Å². The number of aromatic amines is 1. The summed E-state index contributed by atoms with van der Waals surface area (Å²) in [5, 5.41) is -0.527. The second-order valence-electron chi connectivity index (χ2n) is 4.42. The first-order valence-corrected chi connectivity index (χ1v) is 6.38. The van der Waals surface area contributed by atoms with Crippen molar-refractivity contribution in [2.45, 2.75) is 25.8 Å². The van der Waals surface area contributed by atoms with Crippen LogP contribution in [-0.4, -0.2) is 34.1 Å². The Labute approximate surface area is 108 Å². The maximum atomic E-state index is 13.3. The molecule has 1 saturated heterocycles. The molecule has 18 heavy (non-hydrogen) atoms. The average Bonchev–Trinajstić information content (AvgIpc) is 2.84. The highest BCUT2D eigenvalue weighted by atomic mass is 35.5. The van der Waals surface area contributed by atoms with E-state index in [0.717, 1.165) is 24.2 Å². The zero-order valence-corrected chi connectivity index (χ0v) is 10.7. The Bertz CT molecular complexity index is 534. The lowest BCUT2D eigenvalue weighted by Crippen LogP contribution is -2.38. The van der Waals surface area contributed by atoms with Gasteiger partial charge in [0.2, 0.25) is 5.82 Å². The minimum Gasteiger partial charge on any atom is -0.303 e. The summed E-state index contributed by atoms with van der Waals surface area (Å²) < 4.78 is 14.1. The van der Waals surface area contributed by atoms with Crippen LogP contribution in [0.3, 0.4) is 0 Å². The van der Waals surface area contributed by atoms with Gasteiger partial charge >= 0.3 is 5.69 Å². The molecule has 1 N–H and O–H groups in total. The largest absolute Gasteiger partial charge is 0.329 e. The molecule has 100 valence electrons. The monoisotopic (exact) mass is 275 g/mol.